The molecule has 0 bridgehead atoms. The van der Waals surface area contributed by atoms with Gasteiger partial charge in [-0.25, -0.2) is 4.39 Å². The van der Waals surface area contributed by atoms with Gasteiger partial charge in [0, 0.05) is 18.6 Å². The summed E-state index contributed by atoms with van der Waals surface area (Å²) in [7, 11) is 0. The summed E-state index contributed by atoms with van der Waals surface area (Å²) in [6.07, 6.45) is -4.77. The molecule has 0 aliphatic carbocycles. The maximum absolute atomic E-state index is 14.5. The highest BCUT2D eigenvalue weighted by Crippen LogP contribution is 2.38. The van der Waals surface area contributed by atoms with Crippen molar-refractivity contribution < 1.29 is 27.1 Å². The van der Waals surface area contributed by atoms with Gasteiger partial charge in [0.25, 0.3) is 5.91 Å². The number of benzene rings is 1. The maximum Gasteiger partial charge on any atom is 0.394 e. The monoisotopic (exact) mass is 418 g/mol. The van der Waals surface area contributed by atoms with E-state index in [9.17, 15) is 22.4 Å². The van der Waals surface area contributed by atoms with Gasteiger partial charge in [-0.15, -0.1) is 0 Å². The molecule has 1 aliphatic heterocycles. The molecule has 1 aromatic rings. The zero-order valence-electron chi connectivity index (χ0n) is 17.4. The lowest BCUT2D eigenvalue weighted by atomic mass is 9.93. The van der Waals surface area contributed by atoms with E-state index in [4.69, 9.17) is 4.74 Å². The molecule has 0 saturated carbocycles. The van der Waals surface area contributed by atoms with Crippen molar-refractivity contribution in [3.63, 3.8) is 0 Å². The zero-order valence-corrected chi connectivity index (χ0v) is 17.4. The summed E-state index contributed by atoms with van der Waals surface area (Å²) in [5, 5.41) is 2.80. The first kappa shape index (κ1) is 23.6. The van der Waals surface area contributed by atoms with Gasteiger partial charge in [0.1, 0.15) is 5.82 Å². The van der Waals surface area contributed by atoms with Crippen LogP contribution in [0.1, 0.15) is 62.6 Å². The van der Waals surface area contributed by atoms with Crippen LogP contribution in [0.4, 0.5) is 17.6 Å². The van der Waals surface area contributed by atoms with Gasteiger partial charge >= 0.3 is 6.18 Å². The van der Waals surface area contributed by atoms with Crippen molar-refractivity contribution in [2.24, 2.45) is 5.92 Å². The van der Waals surface area contributed by atoms with Gasteiger partial charge in [-0.1, -0.05) is 13.0 Å². The number of carbonyl (C=O) groups is 1. The molecule has 0 radical (unpaired) electrons. The van der Waals surface area contributed by atoms with Crippen LogP contribution in [0.25, 0.3) is 0 Å². The standard InChI is InChI=1S/C21H30F4N2O2/c1-5-27(13(2)3)11-14(4)26-20(28)17-8-6-15(10-18(17)22)19-9-7-16(12-29-19)21(23,24)25/h6,8,10,13-14,16,19H,5,7,9,11-12H2,1-4H3,(H,26,28). The van der Waals surface area contributed by atoms with E-state index in [2.05, 4.69) is 24.1 Å². The fourth-order valence-electron chi connectivity index (χ4n) is 3.59. The fourth-order valence-corrected chi connectivity index (χ4v) is 3.59. The van der Waals surface area contributed by atoms with Crippen LogP contribution in [0.3, 0.4) is 0 Å². The number of nitrogens with one attached hydrogen (secondary N) is 1. The Labute approximate surface area is 169 Å². The van der Waals surface area contributed by atoms with Crippen LogP contribution in [0.2, 0.25) is 0 Å². The molecule has 1 heterocycles. The Bertz CT molecular complexity index is 686. The third-order valence-electron chi connectivity index (χ3n) is 5.37. The van der Waals surface area contributed by atoms with E-state index in [1.54, 1.807) is 6.07 Å². The van der Waals surface area contributed by atoms with Crippen molar-refractivity contribution in [1.29, 1.82) is 0 Å². The summed E-state index contributed by atoms with van der Waals surface area (Å²) < 4.78 is 58.0. The Hall–Kier alpha value is -1.67. The average Bonchev–Trinajstić information content (AvgIpc) is 2.65. The number of ether oxygens (including phenoxy) is 1. The minimum absolute atomic E-state index is 0.0562. The van der Waals surface area contributed by atoms with Crippen LogP contribution in [-0.2, 0) is 4.74 Å². The average molecular weight is 418 g/mol. The van der Waals surface area contributed by atoms with E-state index in [1.165, 1.54) is 12.1 Å². The van der Waals surface area contributed by atoms with Gasteiger partial charge in [-0.2, -0.15) is 13.2 Å². The van der Waals surface area contributed by atoms with Crippen LogP contribution in [0.15, 0.2) is 18.2 Å². The Morgan fingerprint density at radius 2 is 1.97 bits per heavy atom. The smallest absolute Gasteiger partial charge is 0.373 e. The Morgan fingerprint density at radius 3 is 2.45 bits per heavy atom. The summed E-state index contributed by atoms with van der Waals surface area (Å²) in [6.45, 7) is 9.10. The van der Waals surface area contributed by atoms with Gasteiger partial charge in [-0.05, 0) is 57.9 Å². The normalized spacial score (nSPS) is 21.4. The summed E-state index contributed by atoms with van der Waals surface area (Å²) in [4.78, 5) is 14.6. The van der Waals surface area contributed by atoms with Gasteiger partial charge in [0.2, 0.25) is 0 Å². The molecule has 1 fully saturated rings. The molecule has 1 aliphatic rings. The molecular formula is C21H30F4N2O2. The molecule has 3 unspecified atom stereocenters. The predicted molar refractivity (Wildman–Crippen MR) is 103 cm³/mol. The van der Waals surface area contributed by atoms with Crippen molar-refractivity contribution in [2.75, 3.05) is 19.7 Å². The molecule has 4 nitrogen and oxygen atoms in total. The minimum atomic E-state index is -4.28. The van der Waals surface area contributed by atoms with E-state index in [0.717, 1.165) is 6.54 Å². The van der Waals surface area contributed by atoms with Gasteiger partial charge in [0.15, 0.2) is 0 Å². The SMILES string of the molecule is CCN(CC(C)NC(=O)c1ccc(C2CCC(C(F)(F)F)CO2)cc1F)C(C)C. The second-order valence-corrected chi connectivity index (χ2v) is 7.93. The second-order valence-electron chi connectivity index (χ2n) is 7.93. The van der Waals surface area contributed by atoms with Crippen molar-refractivity contribution in [3.05, 3.63) is 35.1 Å². The summed E-state index contributed by atoms with van der Waals surface area (Å²) >= 11 is 0. The van der Waals surface area contributed by atoms with Crippen LogP contribution in [-0.4, -0.2) is 48.8 Å². The maximum atomic E-state index is 14.5. The van der Waals surface area contributed by atoms with Crippen LogP contribution in [0, 0.1) is 11.7 Å². The number of nitrogens with zero attached hydrogens (tertiary/aromatic N) is 1. The van der Waals surface area contributed by atoms with E-state index >= 15 is 0 Å². The molecular weight excluding hydrogens is 388 g/mol. The van der Waals surface area contributed by atoms with E-state index in [1.807, 2.05) is 13.8 Å². The molecule has 2 rings (SSSR count). The molecule has 1 saturated heterocycles. The highest BCUT2D eigenvalue weighted by Gasteiger charge is 2.42. The number of rotatable bonds is 7. The molecule has 1 aromatic carbocycles. The van der Waals surface area contributed by atoms with Crippen molar-refractivity contribution in [2.45, 2.75) is 64.9 Å². The number of hydrogen-bond acceptors (Lipinski definition) is 3. The molecule has 29 heavy (non-hydrogen) atoms. The predicted octanol–water partition coefficient (Wildman–Crippen LogP) is 4.70. The second kappa shape index (κ2) is 9.89. The third kappa shape index (κ3) is 6.40. The number of amides is 1. The van der Waals surface area contributed by atoms with E-state index in [0.29, 0.717) is 18.2 Å². The van der Waals surface area contributed by atoms with Crippen LogP contribution in [0.5, 0.6) is 0 Å². The highest BCUT2D eigenvalue weighted by atomic mass is 19.4. The molecule has 0 aromatic heterocycles. The zero-order chi connectivity index (χ0) is 21.8. The van der Waals surface area contributed by atoms with Crippen LogP contribution >= 0.6 is 0 Å². The van der Waals surface area contributed by atoms with E-state index < -0.39 is 36.5 Å². The fraction of sp³-hybridized carbons (Fsp3) is 0.667. The number of alkyl halides is 3. The van der Waals surface area contributed by atoms with Crippen molar-refractivity contribution in [3.8, 4) is 0 Å². The molecule has 1 N–H and O–H groups in total. The minimum Gasteiger partial charge on any atom is -0.373 e. The molecule has 8 heteroatoms. The number of carbonyl (C=O) groups excluding carboxylic acids is 1. The van der Waals surface area contributed by atoms with Gasteiger partial charge in [-0.3, -0.25) is 9.69 Å². The first-order chi connectivity index (χ1) is 13.5. The lowest BCUT2D eigenvalue weighted by Crippen LogP contribution is -2.44. The van der Waals surface area contributed by atoms with Gasteiger partial charge in [0.05, 0.1) is 24.2 Å². The lowest BCUT2D eigenvalue weighted by Gasteiger charge is -2.30. The van der Waals surface area contributed by atoms with Crippen LogP contribution < -0.4 is 5.32 Å². The first-order valence-corrected chi connectivity index (χ1v) is 10.1. The first-order valence-electron chi connectivity index (χ1n) is 10.1. The molecule has 3 atom stereocenters. The van der Waals surface area contributed by atoms with Crippen molar-refractivity contribution >= 4 is 5.91 Å². The number of hydrogen-bond donors (Lipinski definition) is 1. The molecule has 0 spiro atoms. The molecule has 164 valence electrons. The number of halogens is 4. The summed E-state index contributed by atoms with van der Waals surface area (Å²) in [5.74, 6) is -2.70. The topological polar surface area (TPSA) is 41.6 Å². The Kier molecular flexibility index (Phi) is 8.05. The van der Waals surface area contributed by atoms with E-state index in [-0.39, 0.29) is 24.4 Å². The summed E-state index contributed by atoms with van der Waals surface area (Å²) in [6, 6.07) is 4.28. The highest BCUT2D eigenvalue weighted by molar-refractivity contribution is 5.94. The van der Waals surface area contributed by atoms with Crippen molar-refractivity contribution in [1.82, 2.24) is 10.2 Å². The number of likely N-dealkylation sites (N-methyl/N-ethyl adjacent to an activating group) is 1. The Balaban J connectivity index is 1.98. The molecule has 1 amide bonds. The quantitative estimate of drug-likeness (QED) is 0.653. The third-order valence-corrected chi connectivity index (χ3v) is 5.37. The summed E-state index contributed by atoms with van der Waals surface area (Å²) in [5.41, 5.74) is 0.363. The van der Waals surface area contributed by atoms with Gasteiger partial charge < -0.3 is 10.1 Å². The largest absolute Gasteiger partial charge is 0.394 e. The Morgan fingerprint density at radius 1 is 1.28 bits per heavy atom. The lowest BCUT2D eigenvalue weighted by molar-refractivity contribution is -0.208.